The maximum absolute atomic E-state index is 11.6. The van der Waals surface area contributed by atoms with Crippen LogP contribution in [0.5, 0.6) is 0 Å². The minimum atomic E-state index is -0.457. The summed E-state index contributed by atoms with van der Waals surface area (Å²) < 4.78 is 11.6. The van der Waals surface area contributed by atoms with Crippen LogP contribution in [0, 0.1) is 18.8 Å². The van der Waals surface area contributed by atoms with E-state index in [1.807, 2.05) is 6.07 Å². The number of amides is 1. The van der Waals surface area contributed by atoms with E-state index in [9.17, 15) is 4.79 Å². The maximum Gasteiger partial charge on any atom is 0.295 e. The first-order chi connectivity index (χ1) is 19.5. The van der Waals surface area contributed by atoms with E-state index in [2.05, 4.69) is 49.7 Å². The van der Waals surface area contributed by atoms with Gasteiger partial charge in [0, 0.05) is 48.4 Å². The molecule has 208 valence electrons. The number of aromatic nitrogens is 3. The fraction of sp³-hybridized carbons (Fsp3) is 0.419. The van der Waals surface area contributed by atoms with E-state index in [1.54, 1.807) is 31.3 Å². The summed E-state index contributed by atoms with van der Waals surface area (Å²) >= 11 is 0. The van der Waals surface area contributed by atoms with Gasteiger partial charge in [0.05, 0.1) is 6.20 Å². The third-order valence-corrected chi connectivity index (χ3v) is 8.32. The molecule has 2 fully saturated rings. The molecule has 1 saturated heterocycles. The molecule has 0 radical (unpaired) electrons. The molecule has 40 heavy (non-hydrogen) atoms. The van der Waals surface area contributed by atoms with E-state index >= 15 is 0 Å². The number of carbonyl (C=O) groups is 1. The second-order valence-corrected chi connectivity index (χ2v) is 11.1. The van der Waals surface area contributed by atoms with Crippen molar-refractivity contribution in [3.63, 3.8) is 0 Å². The van der Waals surface area contributed by atoms with Crippen LogP contribution in [-0.4, -0.2) is 40.2 Å². The lowest BCUT2D eigenvalue weighted by atomic mass is 9.77. The van der Waals surface area contributed by atoms with Gasteiger partial charge in [-0.15, -0.1) is 10.2 Å². The number of nitrogens with zero attached hydrogens (tertiary/aromatic N) is 4. The van der Waals surface area contributed by atoms with Gasteiger partial charge in [0.15, 0.2) is 5.76 Å². The molecule has 1 aliphatic heterocycles. The Kier molecular flexibility index (Phi) is 7.53. The van der Waals surface area contributed by atoms with Gasteiger partial charge in [-0.2, -0.15) is 0 Å². The Morgan fingerprint density at radius 2 is 1.88 bits per heavy atom. The van der Waals surface area contributed by atoms with Gasteiger partial charge >= 0.3 is 0 Å². The van der Waals surface area contributed by atoms with Crippen molar-refractivity contribution in [2.24, 2.45) is 17.6 Å². The number of hydrogen-bond donors (Lipinski definition) is 2. The van der Waals surface area contributed by atoms with Crippen LogP contribution in [0.4, 0.5) is 11.7 Å². The Labute approximate surface area is 234 Å². The largest absolute Gasteiger partial charge is 0.424 e. The highest BCUT2D eigenvalue weighted by molar-refractivity contribution is 5.93. The predicted octanol–water partition coefficient (Wildman–Crippen LogP) is 6.08. The number of oxazole rings is 1. The molecule has 1 saturated carbocycles. The van der Waals surface area contributed by atoms with Crippen molar-refractivity contribution in [1.29, 1.82) is 0 Å². The normalized spacial score (nSPS) is 21.3. The zero-order valence-corrected chi connectivity index (χ0v) is 22.9. The molecule has 2 aromatic carbocycles. The van der Waals surface area contributed by atoms with Crippen molar-refractivity contribution in [3.8, 4) is 22.8 Å². The van der Waals surface area contributed by atoms with Gasteiger partial charge in [-0.25, -0.2) is 4.98 Å². The topological polar surface area (TPSA) is 123 Å². The molecule has 0 spiro atoms. The summed E-state index contributed by atoms with van der Waals surface area (Å²) in [5.41, 5.74) is 8.88. The van der Waals surface area contributed by atoms with E-state index in [-0.39, 0.29) is 0 Å². The molecule has 9 nitrogen and oxygen atoms in total. The van der Waals surface area contributed by atoms with Crippen LogP contribution >= 0.6 is 0 Å². The molecule has 9 heteroatoms. The molecular weight excluding hydrogens is 504 g/mol. The van der Waals surface area contributed by atoms with Gasteiger partial charge < -0.3 is 24.8 Å². The number of primary amides is 1. The van der Waals surface area contributed by atoms with E-state index in [4.69, 9.17) is 14.6 Å². The van der Waals surface area contributed by atoms with Crippen LogP contribution < -0.4 is 16.0 Å². The number of nitrogens with two attached hydrogens (primary N) is 1. The first kappa shape index (κ1) is 26.1. The number of anilines is 2. The van der Waals surface area contributed by atoms with Gasteiger partial charge in [0.1, 0.15) is 0 Å². The second-order valence-electron chi connectivity index (χ2n) is 11.1. The van der Waals surface area contributed by atoms with Crippen molar-refractivity contribution in [2.75, 3.05) is 23.3 Å². The van der Waals surface area contributed by atoms with E-state index in [1.165, 1.54) is 44.2 Å². The molecule has 0 unspecified atom stereocenters. The minimum Gasteiger partial charge on any atom is -0.424 e. The van der Waals surface area contributed by atoms with Crippen molar-refractivity contribution >= 4 is 17.6 Å². The third-order valence-electron chi connectivity index (χ3n) is 8.32. The Hall–Kier alpha value is -4.14. The number of rotatable bonds is 8. The van der Waals surface area contributed by atoms with Crippen molar-refractivity contribution in [3.05, 3.63) is 66.2 Å². The van der Waals surface area contributed by atoms with Gasteiger partial charge in [0.2, 0.25) is 17.7 Å². The Bertz CT molecular complexity index is 1450. The van der Waals surface area contributed by atoms with Crippen LogP contribution in [0.25, 0.3) is 22.8 Å². The van der Waals surface area contributed by atoms with Gasteiger partial charge in [-0.05, 0) is 80.3 Å². The molecule has 3 atom stereocenters. The van der Waals surface area contributed by atoms with Crippen LogP contribution in [-0.2, 0) is 0 Å². The van der Waals surface area contributed by atoms with E-state index < -0.39 is 5.91 Å². The Morgan fingerprint density at radius 3 is 2.67 bits per heavy atom. The zero-order valence-electron chi connectivity index (χ0n) is 22.9. The van der Waals surface area contributed by atoms with Gasteiger partial charge in [-0.3, -0.25) is 4.79 Å². The Balaban J connectivity index is 1.08. The second kappa shape index (κ2) is 11.5. The van der Waals surface area contributed by atoms with Crippen molar-refractivity contribution in [2.45, 2.75) is 57.9 Å². The van der Waals surface area contributed by atoms with E-state index in [0.29, 0.717) is 47.0 Å². The van der Waals surface area contributed by atoms with Crippen molar-refractivity contribution < 1.29 is 13.6 Å². The first-order valence-electron chi connectivity index (χ1n) is 14.3. The predicted molar refractivity (Wildman–Crippen MR) is 154 cm³/mol. The fourth-order valence-corrected chi connectivity index (χ4v) is 6.29. The van der Waals surface area contributed by atoms with Crippen LogP contribution in [0.2, 0.25) is 0 Å². The molecule has 0 bridgehead atoms. The highest BCUT2D eigenvalue weighted by atomic mass is 16.4. The molecule has 1 amide bonds. The average molecular weight is 541 g/mol. The summed E-state index contributed by atoms with van der Waals surface area (Å²) in [5.74, 6) is 2.54. The monoisotopic (exact) mass is 540 g/mol. The first-order valence-corrected chi connectivity index (χ1v) is 14.3. The fourth-order valence-electron chi connectivity index (χ4n) is 6.29. The molecule has 3 N–H and O–H groups in total. The zero-order chi connectivity index (χ0) is 27.5. The highest BCUT2D eigenvalue weighted by Crippen LogP contribution is 2.36. The van der Waals surface area contributed by atoms with Crippen LogP contribution in [0.15, 0.2) is 63.6 Å². The number of hydrogen-bond acceptors (Lipinski definition) is 8. The molecular formula is C31H36N6O3. The van der Waals surface area contributed by atoms with Gasteiger partial charge in [-0.1, -0.05) is 25.0 Å². The molecule has 6 rings (SSSR count). The molecule has 3 heterocycles. The van der Waals surface area contributed by atoms with Crippen molar-refractivity contribution in [1.82, 2.24) is 15.2 Å². The molecule has 2 aromatic heterocycles. The Morgan fingerprint density at radius 1 is 1.02 bits per heavy atom. The summed E-state index contributed by atoms with van der Waals surface area (Å²) in [5, 5.41) is 11.7. The van der Waals surface area contributed by atoms with E-state index in [0.717, 1.165) is 30.6 Å². The highest BCUT2D eigenvalue weighted by Gasteiger charge is 2.31. The summed E-state index contributed by atoms with van der Waals surface area (Å²) in [6.07, 6.45) is 10.2. The lowest BCUT2D eigenvalue weighted by Crippen LogP contribution is -2.39. The molecule has 2 aliphatic rings. The minimum absolute atomic E-state index is 0.338. The lowest BCUT2D eigenvalue weighted by Gasteiger charge is -2.39. The smallest absolute Gasteiger partial charge is 0.295 e. The standard InChI is InChI=1S/C31H36N6O3/c1-20-35-36-30(39-20)22-11-13-26(14-12-22)37-15-5-6-21(19-37)16-23-7-2-3-10-27(23)34-31-33-18-28(40-31)24-8-4-9-25(17-24)29(32)38/h4,8-9,11-14,17-18,21,23,27H,2-3,5-7,10,15-16,19H2,1H3,(H2,32,38)(H,33,34)/t21-,23+,27-/m1/s1. The maximum atomic E-state index is 11.6. The summed E-state index contributed by atoms with van der Waals surface area (Å²) in [6, 6.07) is 16.5. The van der Waals surface area contributed by atoms with Crippen LogP contribution in [0.3, 0.4) is 0 Å². The van der Waals surface area contributed by atoms with Crippen LogP contribution in [0.1, 0.15) is 61.2 Å². The summed E-state index contributed by atoms with van der Waals surface area (Å²) in [7, 11) is 0. The number of carbonyl (C=O) groups excluding carboxylic acids is 1. The summed E-state index contributed by atoms with van der Waals surface area (Å²) in [6.45, 7) is 3.96. The quantitative estimate of drug-likeness (QED) is 0.276. The summed E-state index contributed by atoms with van der Waals surface area (Å²) in [4.78, 5) is 18.6. The molecule has 1 aliphatic carbocycles. The number of aryl methyl sites for hydroxylation is 1. The van der Waals surface area contributed by atoms with Gasteiger partial charge in [0.25, 0.3) is 6.01 Å². The number of piperidine rings is 1. The third kappa shape index (κ3) is 5.88. The molecule has 4 aromatic rings. The average Bonchev–Trinajstić information content (AvgIpc) is 3.64. The lowest BCUT2D eigenvalue weighted by molar-refractivity contribution is 0.100. The number of benzene rings is 2. The number of nitrogens with one attached hydrogen (secondary N) is 1. The SMILES string of the molecule is Cc1nnc(-c2ccc(N3CCC[C@H](C[C@@H]4CCCC[C@H]4Nc4ncc(-c5cccc(C(N)=O)c5)o4)C3)cc2)o1.